The molecule has 0 saturated heterocycles. The van der Waals surface area contributed by atoms with Gasteiger partial charge in [-0.15, -0.1) is 11.3 Å². The van der Waals surface area contributed by atoms with Crippen LogP contribution in [0.5, 0.6) is 5.75 Å². The maximum atomic E-state index is 5.95. The molecule has 0 amide bonds. The second-order valence-corrected chi connectivity index (χ2v) is 6.77. The van der Waals surface area contributed by atoms with Crippen LogP contribution in [0.3, 0.4) is 0 Å². The predicted octanol–water partition coefficient (Wildman–Crippen LogP) is 3.29. The molecule has 0 unspecified atom stereocenters. The minimum atomic E-state index is -0.322. The highest BCUT2D eigenvalue weighted by Crippen LogP contribution is 2.44. The van der Waals surface area contributed by atoms with E-state index in [4.69, 9.17) is 15.5 Å². The molecule has 3 nitrogen and oxygen atoms in total. The summed E-state index contributed by atoms with van der Waals surface area (Å²) in [5.74, 6) is 1.55. The average Bonchev–Trinajstić information content (AvgIpc) is 3.05. The number of hydrogen-bond donors (Lipinski definition) is 1. The minimum absolute atomic E-state index is 0.322. The zero-order valence-corrected chi connectivity index (χ0v) is 11.6. The first kappa shape index (κ1) is 11.9. The molecule has 1 aromatic carbocycles. The Morgan fingerprint density at radius 1 is 1.44 bits per heavy atom. The van der Waals surface area contributed by atoms with Crippen LogP contribution >= 0.6 is 11.3 Å². The van der Waals surface area contributed by atoms with Crippen LogP contribution in [0.25, 0.3) is 10.2 Å². The van der Waals surface area contributed by atoms with Crippen molar-refractivity contribution < 1.29 is 4.74 Å². The van der Waals surface area contributed by atoms with Gasteiger partial charge in [0.25, 0.3) is 0 Å². The summed E-state index contributed by atoms with van der Waals surface area (Å²) in [6, 6.07) is 6.11. The second-order valence-electron chi connectivity index (χ2n) is 5.71. The van der Waals surface area contributed by atoms with Gasteiger partial charge in [0.15, 0.2) is 0 Å². The van der Waals surface area contributed by atoms with E-state index in [2.05, 4.69) is 6.07 Å². The van der Waals surface area contributed by atoms with Crippen molar-refractivity contribution >= 4 is 21.6 Å². The van der Waals surface area contributed by atoms with Crippen LogP contribution in [0.2, 0.25) is 0 Å². The van der Waals surface area contributed by atoms with Gasteiger partial charge < -0.3 is 10.5 Å². The number of rotatable bonds is 4. The molecule has 96 valence electrons. The van der Waals surface area contributed by atoms with Crippen molar-refractivity contribution in [1.82, 2.24) is 4.98 Å². The van der Waals surface area contributed by atoms with Crippen molar-refractivity contribution in [1.29, 1.82) is 0 Å². The number of nitrogens with zero attached hydrogens (tertiary/aromatic N) is 1. The third-order valence-corrected chi connectivity index (χ3v) is 4.11. The van der Waals surface area contributed by atoms with E-state index >= 15 is 0 Å². The van der Waals surface area contributed by atoms with E-state index < -0.39 is 0 Å². The molecule has 0 atom stereocenters. The van der Waals surface area contributed by atoms with Crippen LogP contribution in [-0.4, -0.2) is 17.1 Å². The smallest absolute Gasteiger partial charge is 0.146 e. The zero-order valence-electron chi connectivity index (χ0n) is 10.8. The molecular weight excluding hydrogens is 244 g/mol. The molecule has 3 rings (SSSR count). The van der Waals surface area contributed by atoms with E-state index in [1.165, 1.54) is 22.5 Å². The number of thiazole rings is 1. The maximum Gasteiger partial charge on any atom is 0.146 e. The summed E-state index contributed by atoms with van der Waals surface area (Å²) in [5.41, 5.74) is 6.62. The predicted molar refractivity (Wildman–Crippen MR) is 75.4 cm³/mol. The lowest BCUT2D eigenvalue weighted by atomic mass is 10.1. The van der Waals surface area contributed by atoms with E-state index in [1.807, 2.05) is 26.0 Å². The summed E-state index contributed by atoms with van der Waals surface area (Å²) >= 11 is 1.79. The van der Waals surface area contributed by atoms with Crippen molar-refractivity contribution in [2.45, 2.75) is 38.1 Å². The summed E-state index contributed by atoms with van der Waals surface area (Å²) in [7, 11) is 0. The molecule has 18 heavy (non-hydrogen) atoms. The Morgan fingerprint density at radius 2 is 2.22 bits per heavy atom. The van der Waals surface area contributed by atoms with E-state index in [-0.39, 0.29) is 5.54 Å². The number of ether oxygens (including phenoxy) is 1. The molecule has 0 spiro atoms. The SMILES string of the molecule is CC(C)(N)COc1cccc2sc(C3CC3)nc12. The van der Waals surface area contributed by atoms with Crippen LogP contribution in [0.4, 0.5) is 0 Å². The van der Waals surface area contributed by atoms with Gasteiger partial charge in [-0.3, -0.25) is 0 Å². The lowest BCUT2D eigenvalue weighted by Crippen LogP contribution is -2.38. The van der Waals surface area contributed by atoms with Crippen molar-refractivity contribution in [2.75, 3.05) is 6.61 Å². The standard InChI is InChI=1S/C14H18N2OS/c1-14(2,15)8-17-10-4-3-5-11-12(10)16-13(18-11)9-6-7-9/h3-5,9H,6-8,15H2,1-2H3. The molecule has 1 saturated carbocycles. The number of fused-ring (bicyclic) bond motifs is 1. The molecule has 0 aliphatic heterocycles. The lowest BCUT2D eigenvalue weighted by Gasteiger charge is -2.19. The van der Waals surface area contributed by atoms with Gasteiger partial charge in [0.2, 0.25) is 0 Å². The highest BCUT2D eigenvalue weighted by atomic mass is 32.1. The quantitative estimate of drug-likeness (QED) is 0.919. The third-order valence-electron chi connectivity index (χ3n) is 2.92. The first-order valence-electron chi connectivity index (χ1n) is 6.34. The van der Waals surface area contributed by atoms with E-state index in [9.17, 15) is 0 Å². The maximum absolute atomic E-state index is 5.95. The number of hydrogen-bond acceptors (Lipinski definition) is 4. The Bertz CT molecular complexity index is 567. The van der Waals surface area contributed by atoms with Gasteiger partial charge >= 0.3 is 0 Å². The fourth-order valence-corrected chi connectivity index (χ4v) is 2.98. The number of benzene rings is 1. The highest BCUT2D eigenvalue weighted by molar-refractivity contribution is 7.18. The number of para-hydroxylation sites is 1. The molecule has 1 aliphatic carbocycles. The van der Waals surface area contributed by atoms with Gasteiger partial charge in [-0.1, -0.05) is 6.07 Å². The topological polar surface area (TPSA) is 48.1 Å². The van der Waals surface area contributed by atoms with Crippen molar-refractivity contribution in [3.8, 4) is 5.75 Å². The summed E-state index contributed by atoms with van der Waals surface area (Å²) in [5, 5.41) is 1.26. The Balaban J connectivity index is 1.90. The fraction of sp³-hybridized carbons (Fsp3) is 0.500. The monoisotopic (exact) mass is 262 g/mol. The first-order chi connectivity index (χ1) is 8.53. The zero-order chi connectivity index (χ0) is 12.8. The number of nitrogens with two attached hydrogens (primary N) is 1. The normalized spacial score (nSPS) is 16.2. The van der Waals surface area contributed by atoms with Gasteiger partial charge in [0.1, 0.15) is 17.9 Å². The van der Waals surface area contributed by atoms with Gasteiger partial charge in [0.05, 0.1) is 9.71 Å². The molecule has 1 heterocycles. The third kappa shape index (κ3) is 2.49. The second kappa shape index (κ2) is 4.21. The molecule has 1 fully saturated rings. The van der Waals surface area contributed by atoms with Crippen LogP contribution in [0.1, 0.15) is 37.6 Å². The first-order valence-corrected chi connectivity index (χ1v) is 7.16. The Morgan fingerprint density at radius 3 is 2.89 bits per heavy atom. The lowest BCUT2D eigenvalue weighted by molar-refractivity contribution is 0.245. The van der Waals surface area contributed by atoms with Crippen molar-refractivity contribution in [3.63, 3.8) is 0 Å². The molecule has 1 aromatic heterocycles. The summed E-state index contributed by atoms with van der Waals surface area (Å²) in [6.07, 6.45) is 2.57. The van der Waals surface area contributed by atoms with Gasteiger partial charge in [-0.05, 0) is 38.8 Å². The largest absolute Gasteiger partial charge is 0.489 e. The fourth-order valence-electron chi connectivity index (χ4n) is 1.83. The molecule has 4 heteroatoms. The molecule has 1 aliphatic rings. The molecule has 2 N–H and O–H groups in total. The molecule has 0 radical (unpaired) electrons. The van der Waals surface area contributed by atoms with Gasteiger partial charge in [-0.25, -0.2) is 4.98 Å². The van der Waals surface area contributed by atoms with Gasteiger partial charge in [0, 0.05) is 11.5 Å². The van der Waals surface area contributed by atoms with E-state index in [0.717, 1.165) is 11.3 Å². The number of aromatic nitrogens is 1. The average molecular weight is 262 g/mol. The summed E-state index contributed by atoms with van der Waals surface area (Å²) in [4.78, 5) is 4.73. The highest BCUT2D eigenvalue weighted by Gasteiger charge is 2.27. The van der Waals surface area contributed by atoms with Crippen LogP contribution in [-0.2, 0) is 0 Å². The van der Waals surface area contributed by atoms with E-state index in [1.54, 1.807) is 11.3 Å². The van der Waals surface area contributed by atoms with Gasteiger partial charge in [-0.2, -0.15) is 0 Å². The molecule has 2 aromatic rings. The van der Waals surface area contributed by atoms with Crippen LogP contribution in [0.15, 0.2) is 18.2 Å². The minimum Gasteiger partial charge on any atom is -0.489 e. The van der Waals surface area contributed by atoms with Crippen LogP contribution < -0.4 is 10.5 Å². The molecule has 0 bridgehead atoms. The van der Waals surface area contributed by atoms with Crippen molar-refractivity contribution in [3.05, 3.63) is 23.2 Å². The van der Waals surface area contributed by atoms with Crippen molar-refractivity contribution in [2.24, 2.45) is 5.73 Å². The summed E-state index contributed by atoms with van der Waals surface area (Å²) in [6.45, 7) is 4.43. The summed E-state index contributed by atoms with van der Waals surface area (Å²) < 4.78 is 7.03. The Hall–Kier alpha value is -1.13. The Labute approximate surface area is 111 Å². The van der Waals surface area contributed by atoms with E-state index in [0.29, 0.717) is 12.5 Å². The Kier molecular flexibility index (Phi) is 2.79. The molecular formula is C14H18N2OS. The van der Waals surface area contributed by atoms with Crippen LogP contribution in [0, 0.1) is 0 Å².